The molecule has 0 bridgehead atoms. The molecular formula is C18H35N5O. The van der Waals surface area contributed by atoms with E-state index in [-0.39, 0.29) is 5.91 Å². The molecule has 2 rings (SSSR count). The van der Waals surface area contributed by atoms with Crippen LogP contribution in [0.1, 0.15) is 58.8 Å². The van der Waals surface area contributed by atoms with Gasteiger partial charge in [-0.3, -0.25) is 14.7 Å². The first-order chi connectivity index (χ1) is 11.7. The van der Waals surface area contributed by atoms with Gasteiger partial charge >= 0.3 is 0 Å². The standard InChI is InChI=1S/C18H35N5O/c1-3-19-18(21-14-16-10-7-13-23(16)4-2)20-12-11-17(24)22-15-8-5-6-9-15/h15-16H,3-14H2,1-2H3,(H,22,24)(H2,19,20,21). The lowest BCUT2D eigenvalue weighted by Crippen LogP contribution is -2.41. The molecule has 1 unspecified atom stereocenters. The highest BCUT2D eigenvalue weighted by atomic mass is 16.1. The molecule has 24 heavy (non-hydrogen) atoms. The summed E-state index contributed by atoms with van der Waals surface area (Å²) in [7, 11) is 0. The predicted molar refractivity (Wildman–Crippen MR) is 99.3 cm³/mol. The summed E-state index contributed by atoms with van der Waals surface area (Å²) in [5, 5.41) is 9.70. The highest BCUT2D eigenvalue weighted by molar-refractivity contribution is 5.81. The van der Waals surface area contributed by atoms with Crippen molar-refractivity contribution in [2.75, 3.05) is 32.7 Å². The molecule has 1 amide bonds. The van der Waals surface area contributed by atoms with Crippen LogP contribution in [-0.2, 0) is 4.79 Å². The van der Waals surface area contributed by atoms with Crippen LogP contribution < -0.4 is 16.0 Å². The average molecular weight is 338 g/mol. The number of amides is 1. The Kier molecular flexibility index (Phi) is 8.36. The van der Waals surface area contributed by atoms with Gasteiger partial charge in [-0.25, -0.2) is 0 Å². The van der Waals surface area contributed by atoms with Crippen LogP contribution in [0.15, 0.2) is 4.99 Å². The maximum absolute atomic E-state index is 12.0. The van der Waals surface area contributed by atoms with E-state index in [0.717, 1.165) is 38.4 Å². The summed E-state index contributed by atoms with van der Waals surface area (Å²) in [6.07, 6.45) is 7.79. The zero-order valence-corrected chi connectivity index (χ0v) is 15.4. The zero-order valence-electron chi connectivity index (χ0n) is 15.4. The fourth-order valence-electron chi connectivity index (χ4n) is 3.72. The van der Waals surface area contributed by atoms with Gasteiger partial charge in [-0.2, -0.15) is 0 Å². The van der Waals surface area contributed by atoms with Crippen molar-refractivity contribution in [2.24, 2.45) is 4.99 Å². The Hall–Kier alpha value is -1.30. The highest BCUT2D eigenvalue weighted by Gasteiger charge is 2.22. The molecule has 2 aliphatic rings. The Morgan fingerprint density at radius 2 is 1.92 bits per heavy atom. The van der Waals surface area contributed by atoms with E-state index in [1.165, 1.54) is 32.2 Å². The molecule has 3 N–H and O–H groups in total. The predicted octanol–water partition coefficient (Wildman–Crippen LogP) is 1.47. The second-order valence-corrected chi connectivity index (χ2v) is 6.87. The molecular weight excluding hydrogens is 302 g/mol. The van der Waals surface area contributed by atoms with Crippen molar-refractivity contribution in [1.82, 2.24) is 20.9 Å². The van der Waals surface area contributed by atoms with Crippen molar-refractivity contribution in [3.8, 4) is 0 Å². The van der Waals surface area contributed by atoms with E-state index in [2.05, 4.69) is 34.7 Å². The molecule has 1 atom stereocenters. The molecule has 1 aliphatic carbocycles. The fourth-order valence-corrected chi connectivity index (χ4v) is 3.72. The lowest BCUT2D eigenvalue weighted by molar-refractivity contribution is -0.121. The van der Waals surface area contributed by atoms with E-state index in [0.29, 0.717) is 25.0 Å². The third kappa shape index (κ3) is 6.30. The molecule has 0 aromatic heterocycles. The van der Waals surface area contributed by atoms with E-state index in [1.807, 2.05) is 0 Å². The first-order valence-electron chi connectivity index (χ1n) is 9.78. The van der Waals surface area contributed by atoms with Crippen molar-refractivity contribution in [2.45, 2.75) is 70.9 Å². The first-order valence-corrected chi connectivity index (χ1v) is 9.78. The number of rotatable bonds is 8. The van der Waals surface area contributed by atoms with Crippen LogP contribution >= 0.6 is 0 Å². The summed E-state index contributed by atoms with van der Waals surface area (Å²) in [5.74, 6) is 0.979. The number of likely N-dealkylation sites (N-methyl/N-ethyl adjacent to an activating group) is 1. The summed E-state index contributed by atoms with van der Waals surface area (Å²) in [6, 6.07) is 0.970. The first kappa shape index (κ1) is 19.0. The SMILES string of the molecule is CCNC(=NCC1CCCN1CC)NCCC(=O)NC1CCCC1. The van der Waals surface area contributed by atoms with E-state index < -0.39 is 0 Å². The van der Waals surface area contributed by atoms with Crippen molar-refractivity contribution in [3.05, 3.63) is 0 Å². The van der Waals surface area contributed by atoms with Gasteiger partial charge < -0.3 is 16.0 Å². The number of hydrogen-bond acceptors (Lipinski definition) is 3. The lowest BCUT2D eigenvalue weighted by atomic mass is 10.2. The Bertz CT molecular complexity index is 406. The van der Waals surface area contributed by atoms with E-state index in [4.69, 9.17) is 4.99 Å². The third-order valence-corrected chi connectivity index (χ3v) is 5.07. The van der Waals surface area contributed by atoms with E-state index >= 15 is 0 Å². The largest absolute Gasteiger partial charge is 0.357 e. The Morgan fingerprint density at radius 3 is 2.62 bits per heavy atom. The van der Waals surface area contributed by atoms with Crippen LogP contribution in [0.25, 0.3) is 0 Å². The zero-order chi connectivity index (χ0) is 17.2. The van der Waals surface area contributed by atoms with Crippen molar-refractivity contribution < 1.29 is 4.79 Å². The van der Waals surface area contributed by atoms with Gasteiger partial charge in [0.15, 0.2) is 5.96 Å². The summed E-state index contributed by atoms with van der Waals surface area (Å²) in [6.45, 7) is 8.88. The third-order valence-electron chi connectivity index (χ3n) is 5.07. The highest BCUT2D eigenvalue weighted by Crippen LogP contribution is 2.17. The Morgan fingerprint density at radius 1 is 1.12 bits per heavy atom. The molecule has 0 aromatic rings. The number of guanidine groups is 1. The summed E-state index contributed by atoms with van der Waals surface area (Å²) >= 11 is 0. The van der Waals surface area contributed by atoms with Crippen LogP contribution in [0, 0.1) is 0 Å². The van der Waals surface area contributed by atoms with Crippen LogP contribution in [0.4, 0.5) is 0 Å². The molecule has 6 heteroatoms. The minimum atomic E-state index is 0.151. The number of carbonyl (C=O) groups is 1. The number of aliphatic imine (C=N–C) groups is 1. The summed E-state index contributed by atoms with van der Waals surface area (Å²) in [4.78, 5) is 19.2. The molecule has 1 saturated heterocycles. The molecule has 1 aliphatic heterocycles. The summed E-state index contributed by atoms with van der Waals surface area (Å²) in [5.41, 5.74) is 0. The molecule has 1 saturated carbocycles. The Balaban J connectivity index is 1.69. The second-order valence-electron chi connectivity index (χ2n) is 6.87. The van der Waals surface area contributed by atoms with E-state index in [9.17, 15) is 4.79 Å². The molecule has 6 nitrogen and oxygen atoms in total. The van der Waals surface area contributed by atoms with Gasteiger partial charge in [0.05, 0.1) is 6.54 Å². The van der Waals surface area contributed by atoms with Crippen molar-refractivity contribution in [3.63, 3.8) is 0 Å². The number of carbonyl (C=O) groups excluding carboxylic acids is 1. The van der Waals surface area contributed by atoms with Crippen molar-refractivity contribution in [1.29, 1.82) is 0 Å². The van der Waals surface area contributed by atoms with Gasteiger partial charge in [0, 0.05) is 31.6 Å². The lowest BCUT2D eigenvalue weighted by Gasteiger charge is -2.21. The normalized spacial score (nSPS) is 22.8. The van der Waals surface area contributed by atoms with Gasteiger partial charge in [0.2, 0.25) is 5.91 Å². The number of hydrogen-bond donors (Lipinski definition) is 3. The maximum atomic E-state index is 12.0. The maximum Gasteiger partial charge on any atom is 0.221 e. The minimum Gasteiger partial charge on any atom is -0.357 e. The minimum absolute atomic E-state index is 0.151. The molecule has 138 valence electrons. The molecule has 0 aromatic carbocycles. The topological polar surface area (TPSA) is 68.8 Å². The van der Waals surface area contributed by atoms with E-state index in [1.54, 1.807) is 0 Å². The van der Waals surface area contributed by atoms with Gasteiger partial charge in [-0.15, -0.1) is 0 Å². The molecule has 0 radical (unpaired) electrons. The fraction of sp³-hybridized carbons (Fsp3) is 0.889. The molecule has 1 heterocycles. The van der Waals surface area contributed by atoms with Gasteiger partial charge in [0.1, 0.15) is 0 Å². The van der Waals surface area contributed by atoms with Crippen LogP contribution in [0.2, 0.25) is 0 Å². The van der Waals surface area contributed by atoms with Crippen LogP contribution in [0.5, 0.6) is 0 Å². The summed E-state index contributed by atoms with van der Waals surface area (Å²) < 4.78 is 0. The number of nitrogens with zero attached hydrogens (tertiary/aromatic N) is 2. The quantitative estimate of drug-likeness (QED) is 0.463. The van der Waals surface area contributed by atoms with Gasteiger partial charge in [0.25, 0.3) is 0 Å². The Labute approximate surface area is 146 Å². The smallest absolute Gasteiger partial charge is 0.221 e. The number of likely N-dealkylation sites (tertiary alicyclic amines) is 1. The molecule has 2 fully saturated rings. The molecule has 0 spiro atoms. The number of nitrogens with one attached hydrogen (secondary N) is 3. The van der Waals surface area contributed by atoms with Gasteiger partial charge in [-0.1, -0.05) is 19.8 Å². The van der Waals surface area contributed by atoms with Crippen LogP contribution in [-0.4, -0.2) is 61.6 Å². The van der Waals surface area contributed by atoms with Crippen molar-refractivity contribution >= 4 is 11.9 Å². The second kappa shape index (κ2) is 10.5. The van der Waals surface area contributed by atoms with Gasteiger partial charge in [-0.05, 0) is 45.7 Å². The van der Waals surface area contributed by atoms with Crippen LogP contribution in [0.3, 0.4) is 0 Å². The average Bonchev–Trinajstić information content (AvgIpc) is 3.23. The monoisotopic (exact) mass is 337 g/mol.